The Hall–Kier alpha value is -1.81. The zero-order valence-corrected chi connectivity index (χ0v) is 12.2. The van der Waals surface area contributed by atoms with Crippen molar-refractivity contribution in [1.29, 1.82) is 0 Å². The molecule has 0 radical (unpaired) electrons. The van der Waals surface area contributed by atoms with Gasteiger partial charge in [-0.2, -0.15) is 0 Å². The molecule has 0 amide bonds. The van der Waals surface area contributed by atoms with Gasteiger partial charge in [0.25, 0.3) is 0 Å². The van der Waals surface area contributed by atoms with Crippen LogP contribution in [0.4, 0.5) is 5.69 Å². The van der Waals surface area contributed by atoms with Crippen LogP contribution in [0.1, 0.15) is 23.9 Å². The van der Waals surface area contributed by atoms with Crippen molar-refractivity contribution in [3.63, 3.8) is 0 Å². The molecule has 0 saturated heterocycles. The molecule has 1 unspecified atom stereocenters. The summed E-state index contributed by atoms with van der Waals surface area (Å²) >= 11 is 0. The molecule has 1 aliphatic heterocycles. The van der Waals surface area contributed by atoms with E-state index in [1.165, 1.54) is 11.3 Å². The number of benzene rings is 1. The predicted molar refractivity (Wildman–Crippen MR) is 82.0 cm³/mol. The third-order valence-electron chi connectivity index (χ3n) is 4.22. The Kier molecular flexibility index (Phi) is 3.74. The first-order valence-electron chi connectivity index (χ1n) is 7.28. The second-order valence-electron chi connectivity index (χ2n) is 5.34. The molecule has 0 saturated carbocycles. The fourth-order valence-corrected chi connectivity index (χ4v) is 3.03. The van der Waals surface area contributed by atoms with Gasteiger partial charge in [0, 0.05) is 43.8 Å². The van der Waals surface area contributed by atoms with Crippen LogP contribution < -0.4 is 10.2 Å². The van der Waals surface area contributed by atoms with Crippen LogP contribution in [0.3, 0.4) is 0 Å². The number of nitrogens with one attached hydrogen (secondary N) is 1. The molecule has 1 aliphatic rings. The van der Waals surface area contributed by atoms with Gasteiger partial charge in [0.1, 0.15) is 5.82 Å². The van der Waals surface area contributed by atoms with E-state index in [1.807, 2.05) is 13.2 Å². The minimum Gasteiger partial charge on any atom is -0.369 e. The molecule has 1 N–H and O–H groups in total. The number of para-hydroxylation sites is 1. The van der Waals surface area contributed by atoms with Crippen LogP contribution in [0.2, 0.25) is 0 Å². The summed E-state index contributed by atoms with van der Waals surface area (Å²) in [4.78, 5) is 6.77. The second-order valence-corrected chi connectivity index (χ2v) is 5.34. The highest BCUT2D eigenvalue weighted by Gasteiger charge is 2.23. The summed E-state index contributed by atoms with van der Waals surface area (Å²) in [7, 11) is 2.05. The summed E-state index contributed by atoms with van der Waals surface area (Å²) < 4.78 is 2.22. The number of rotatable bonds is 4. The monoisotopic (exact) mass is 270 g/mol. The van der Waals surface area contributed by atoms with E-state index >= 15 is 0 Å². The molecule has 0 aliphatic carbocycles. The first-order valence-corrected chi connectivity index (χ1v) is 7.28. The molecule has 1 aromatic carbocycles. The number of aryl methyl sites for hydroxylation is 1. The maximum atomic E-state index is 4.28. The summed E-state index contributed by atoms with van der Waals surface area (Å²) in [6.07, 6.45) is 5.09. The van der Waals surface area contributed by atoms with Crippen molar-refractivity contribution in [3.8, 4) is 0 Å². The van der Waals surface area contributed by atoms with Crippen LogP contribution in [0, 0.1) is 6.92 Å². The molecule has 106 valence electrons. The second kappa shape index (κ2) is 5.67. The lowest BCUT2D eigenvalue weighted by Crippen LogP contribution is -2.36. The zero-order valence-electron chi connectivity index (χ0n) is 12.2. The van der Waals surface area contributed by atoms with Gasteiger partial charge in [-0.15, -0.1) is 0 Å². The molecule has 4 nitrogen and oxygen atoms in total. The topological polar surface area (TPSA) is 33.1 Å². The number of hydrogen-bond acceptors (Lipinski definition) is 3. The quantitative estimate of drug-likeness (QED) is 0.926. The molecule has 4 heteroatoms. The van der Waals surface area contributed by atoms with E-state index in [4.69, 9.17) is 0 Å². The molecule has 0 bridgehead atoms. The number of aromatic nitrogens is 2. The molecule has 0 fully saturated rings. The summed E-state index contributed by atoms with van der Waals surface area (Å²) in [6.45, 7) is 5.19. The third-order valence-corrected chi connectivity index (χ3v) is 4.22. The first kappa shape index (κ1) is 13.2. The lowest BCUT2D eigenvalue weighted by atomic mass is 9.96. The lowest BCUT2D eigenvalue weighted by molar-refractivity contribution is 0.507. The van der Waals surface area contributed by atoms with Gasteiger partial charge in [0.05, 0.1) is 0 Å². The van der Waals surface area contributed by atoms with Crippen LogP contribution in [0.15, 0.2) is 36.7 Å². The summed E-state index contributed by atoms with van der Waals surface area (Å²) in [5.41, 5.74) is 2.79. The minimum absolute atomic E-state index is 0.484. The van der Waals surface area contributed by atoms with Crippen molar-refractivity contribution in [3.05, 3.63) is 48.0 Å². The van der Waals surface area contributed by atoms with E-state index < -0.39 is 0 Å². The molecule has 20 heavy (non-hydrogen) atoms. The zero-order chi connectivity index (χ0) is 13.9. The van der Waals surface area contributed by atoms with Crippen LogP contribution in [-0.2, 0) is 6.54 Å². The largest absolute Gasteiger partial charge is 0.369 e. The smallest absolute Gasteiger partial charge is 0.105 e. The average molecular weight is 270 g/mol. The molecule has 1 atom stereocenters. The van der Waals surface area contributed by atoms with Crippen LogP contribution >= 0.6 is 0 Å². The van der Waals surface area contributed by atoms with Gasteiger partial charge in [0.15, 0.2) is 0 Å². The van der Waals surface area contributed by atoms with E-state index in [0.29, 0.717) is 6.04 Å². The molecule has 2 aromatic rings. The Morgan fingerprint density at radius 2 is 2.15 bits per heavy atom. The van der Waals surface area contributed by atoms with Gasteiger partial charge >= 0.3 is 0 Å². The van der Waals surface area contributed by atoms with Gasteiger partial charge in [-0.05, 0) is 32.0 Å². The normalized spacial score (nSPS) is 18.1. The van der Waals surface area contributed by atoms with Crippen LogP contribution in [0.5, 0.6) is 0 Å². The molecular formula is C16H22N4. The Morgan fingerprint density at radius 3 is 2.90 bits per heavy atom. The van der Waals surface area contributed by atoms with Crippen molar-refractivity contribution in [2.45, 2.75) is 25.9 Å². The highest BCUT2D eigenvalue weighted by atomic mass is 15.2. The Bertz CT molecular complexity index is 575. The Labute approximate surface area is 120 Å². The molecule has 2 heterocycles. The summed E-state index contributed by atoms with van der Waals surface area (Å²) in [5.74, 6) is 1.09. The van der Waals surface area contributed by atoms with Gasteiger partial charge < -0.3 is 14.8 Å². The van der Waals surface area contributed by atoms with Crippen LogP contribution in [0.25, 0.3) is 0 Å². The minimum atomic E-state index is 0.484. The maximum Gasteiger partial charge on any atom is 0.105 e. The predicted octanol–water partition coefficient (Wildman–Crippen LogP) is 2.36. The maximum absolute atomic E-state index is 4.28. The Balaban J connectivity index is 1.76. The summed E-state index contributed by atoms with van der Waals surface area (Å²) in [5, 5.41) is 3.42. The van der Waals surface area contributed by atoms with E-state index in [9.17, 15) is 0 Å². The van der Waals surface area contributed by atoms with Gasteiger partial charge in [-0.1, -0.05) is 18.2 Å². The van der Waals surface area contributed by atoms with Gasteiger partial charge in [0.2, 0.25) is 0 Å². The average Bonchev–Trinajstić information content (AvgIpc) is 2.90. The van der Waals surface area contributed by atoms with Crippen molar-refractivity contribution in [2.75, 3.05) is 25.0 Å². The summed E-state index contributed by atoms with van der Waals surface area (Å²) in [6, 6.07) is 9.22. The number of fused-ring (bicyclic) bond motifs is 1. The fourth-order valence-electron chi connectivity index (χ4n) is 3.03. The molecular weight excluding hydrogens is 248 g/mol. The van der Waals surface area contributed by atoms with E-state index in [2.05, 4.69) is 57.2 Å². The van der Waals surface area contributed by atoms with Crippen molar-refractivity contribution < 1.29 is 0 Å². The number of hydrogen-bond donors (Lipinski definition) is 1. The molecule has 3 rings (SSSR count). The van der Waals surface area contributed by atoms with Crippen LogP contribution in [-0.4, -0.2) is 29.7 Å². The SMILES string of the molecule is CNC1CCN(CCn2ccnc2C)c2ccccc21. The standard InChI is InChI=1S/C16H22N4/c1-13-18-8-10-19(13)11-12-20-9-7-15(17-2)14-5-3-4-6-16(14)20/h3-6,8,10,15,17H,7,9,11-12H2,1-2H3. The molecule has 1 aromatic heterocycles. The van der Waals surface area contributed by atoms with Gasteiger partial charge in [-0.3, -0.25) is 0 Å². The highest BCUT2D eigenvalue weighted by Crippen LogP contribution is 2.33. The Morgan fingerprint density at radius 1 is 1.30 bits per heavy atom. The van der Waals surface area contributed by atoms with Gasteiger partial charge in [-0.25, -0.2) is 4.98 Å². The van der Waals surface area contributed by atoms with Crippen molar-refractivity contribution >= 4 is 5.69 Å². The molecule has 0 spiro atoms. The number of nitrogens with zero attached hydrogens (tertiary/aromatic N) is 3. The van der Waals surface area contributed by atoms with E-state index in [1.54, 1.807) is 0 Å². The van der Waals surface area contributed by atoms with E-state index in [-0.39, 0.29) is 0 Å². The van der Waals surface area contributed by atoms with Crippen molar-refractivity contribution in [1.82, 2.24) is 14.9 Å². The number of imidazole rings is 1. The fraction of sp³-hybridized carbons (Fsp3) is 0.438. The van der Waals surface area contributed by atoms with Crippen molar-refractivity contribution in [2.24, 2.45) is 0 Å². The third kappa shape index (κ3) is 2.43. The highest BCUT2D eigenvalue weighted by molar-refractivity contribution is 5.56. The lowest BCUT2D eigenvalue weighted by Gasteiger charge is -2.35. The van der Waals surface area contributed by atoms with E-state index in [0.717, 1.165) is 31.9 Å². The number of anilines is 1. The first-order chi connectivity index (χ1) is 9.79.